The van der Waals surface area contributed by atoms with Gasteiger partial charge in [0.2, 0.25) is 11.8 Å². The lowest BCUT2D eigenvalue weighted by Crippen LogP contribution is -2.53. The largest absolute Gasteiger partial charge is 0.488 e. The van der Waals surface area contributed by atoms with E-state index < -0.39 is 17.7 Å². The molecule has 244 valence electrons. The monoisotopic (exact) mass is 645 g/mol. The van der Waals surface area contributed by atoms with E-state index in [4.69, 9.17) is 24.6 Å². The van der Waals surface area contributed by atoms with Crippen molar-refractivity contribution in [1.82, 2.24) is 29.9 Å². The van der Waals surface area contributed by atoms with Gasteiger partial charge in [0.05, 0.1) is 30.2 Å². The van der Waals surface area contributed by atoms with Crippen LogP contribution in [0, 0.1) is 11.6 Å². The number of carbonyl (C=O) groups excluding carboxylic acids is 1. The van der Waals surface area contributed by atoms with Gasteiger partial charge < -0.3 is 29.4 Å². The number of rotatable bonds is 9. The Morgan fingerprint density at radius 1 is 1.06 bits per heavy atom. The molecule has 0 radical (unpaired) electrons. The third-order valence-electron chi connectivity index (χ3n) is 8.35. The van der Waals surface area contributed by atoms with Crippen molar-refractivity contribution in [3.63, 3.8) is 0 Å². The summed E-state index contributed by atoms with van der Waals surface area (Å²) in [6.07, 6.45) is 1.54. The van der Waals surface area contributed by atoms with Crippen LogP contribution in [0.3, 0.4) is 0 Å². The second-order valence-electron chi connectivity index (χ2n) is 11.3. The van der Waals surface area contributed by atoms with Crippen molar-refractivity contribution in [3.8, 4) is 17.3 Å². The Hall–Kier alpha value is -5.28. The molecule has 3 N–H and O–H groups in total. The summed E-state index contributed by atoms with van der Waals surface area (Å²) in [5, 5.41) is 6.24. The molecule has 5 heterocycles. The van der Waals surface area contributed by atoms with Gasteiger partial charge >= 0.3 is 0 Å². The maximum Gasteiger partial charge on any atom is 0.251 e. The van der Waals surface area contributed by atoms with E-state index in [-0.39, 0.29) is 55.6 Å². The quantitative estimate of drug-likeness (QED) is 0.227. The summed E-state index contributed by atoms with van der Waals surface area (Å²) in [5.41, 5.74) is 11.9. The topological polar surface area (TPSA) is 140 Å². The van der Waals surface area contributed by atoms with Gasteiger partial charge in [-0.1, -0.05) is 30.3 Å². The lowest BCUT2D eigenvalue weighted by atomic mass is 10.0. The van der Waals surface area contributed by atoms with Crippen LogP contribution in [-0.4, -0.2) is 76.9 Å². The highest BCUT2D eigenvalue weighted by Gasteiger charge is 2.41. The number of nitrogens with zero attached hydrogens (tertiary/aromatic N) is 7. The number of nitrogen functional groups attached to an aromatic ring is 1. The smallest absolute Gasteiger partial charge is 0.251 e. The Bertz CT molecular complexity index is 1900. The summed E-state index contributed by atoms with van der Waals surface area (Å²) in [7, 11) is 1.50. The number of nitrogens with one attached hydrogen (secondary N) is 1. The number of nitrogens with two attached hydrogens (primary N) is 1. The van der Waals surface area contributed by atoms with Gasteiger partial charge in [-0.05, 0) is 24.6 Å². The Morgan fingerprint density at radius 3 is 2.57 bits per heavy atom. The Morgan fingerprint density at radius 2 is 1.85 bits per heavy atom. The summed E-state index contributed by atoms with van der Waals surface area (Å²) in [6, 6.07) is 14.0. The fraction of sp³-hybridized carbons (Fsp3) is 0.312. The van der Waals surface area contributed by atoms with Crippen molar-refractivity contribution in [2.24, 2.45) is 0 Å². The van der Waals surface area contributed by atoms with E-state index in [1.807, 2.05) is 37.3 Å². The standard InChI is InChI=1S/C32H33F2N9O4/c1-19-26-29-36-28(24-9-6-14-46-24)39-43(29)32(35)37-30(26)42(38-19)27(20-7-4-3-5-8-20)31(44)41-12-10-40(11-13-41)23-17-22(34)25(18-21(23)33)47-16-15-45-2/h3-9,14,17-19,27,38H,10-13,15-16H2,1-2H3,(H2,35,37). The zero-order valence-electron chi connectivity index (χ0n) is 25.8. The van der Waals surface area contributed by atoms with Crippen LogP contribution < -0.4 is 25.8 Å². The predicted molar refractivity (Wildman–Crippen MR) is 169 cm³/mol. The number of piperazine rings is 1. The molecular weight excluding hydrogens is 612 g/mol. The number of hydrogen-bond donors (Lipinski definition) is 2. The molecule has 0 spiro atoms. The molecule has 2 unspecified atom stereocenters. The lowest BCUT2D eigenvalue weighted by molar-refractivity contribution is -0.133. The minimum atomic E-state index is -0.814. The maximum absolute atomic E-state index is 15.1. The molecule has 0 bridgehead atoms. The molecule has 47 heavy (non-hydrogen) atoms. The van der Waals surface area contributed by atoms with E-state index in [0.29, 0.717) is 36.1 Å². The highest BCUT2D eigenvalue weighted by atomic mass is 19.1. The average molecular weight is 646 g/mol. The SMILES string of the molecule is COCCOc1cc(F)c(N2CCN(C(=O)C(c3ccccc3)N3NC(C)c4c3nc(N)n3nc(-c5ccco5)nc43)CC2)cc1F. The summed E-state index contributed by atoms with van der Waals surface area (Å²) < 4.78 is 47.0. The third kappa shape index (κ3) is 5.57. The number of fused-ring (bicyclic) bond motifs is 3. The van der Waals surface area contributed by atoms with Crippen molar-refractivity contribution >= 4 is 29.0 Å². The van der Waals surface area contributed by atoms with Crippen LogP contribution in [0.4, 0.5) is 26.2 Å². The predicted octanol–water partition coefficient (Wildman–Crippen LogP) is 3.75. The number of furan rings is 1. The maximum atomic E-state index is 15.1. The number of hydrogen-bond acceptors (Lipinski definition) is 11. The van der Waals surface area contributed by atoms with Gasteiger partial charge in [0.15, 0.2) is 34.8 Å². The molecule has 0 aliphatic carbocycles. The molecule has 15 heteroatoms. The molecule has 0 saturated carbocycles. The van der Waals surface area contributed by atoms with Gasteiger partial charge in [0.25, 0.3) is 5.91 Å². The summed E-state index contributed by atoms with van der Waals surface area (Å²) in [4.78, 5) is 27.3. The van der Waals surface area contributed by atoms with Crippen molar-refractivity contribution in [3.05, 3.63) is 83.6 Å². The lowest BCUT2D eigenvalue weighted by Gasteiger charge is -2.39. The first kappa shape index (κ1) is 30.4. The number of aromatic nitrogens is 4. The van der Waals surface area contributed by atoms with Crippen LogP contribution in [0.15, 0.2) is 65.3 Å². The molecule has 2 aliphatic rings. The second-order valence-corrected chi connectivity index (χ2v) is 11.3. The number of amides is 1. The molecular formula is C32H33F2N9O4. The van der Waals surface area contributed by atoms with E-state index >= 15 is 4.39 Å². The van der Waals surface area contributed by atoms with E-state index in [1.165, 1.54) is 11.6 Å². The minimum absolute atomic E-state index is 0.0993. The van der Waals surface area contributed by atoms with Crippen LogP contribution in [0.1, 0.15) is 30.1 Å². The Balaban J connectivity index is 1.16. The second kappa shape index (κ2) is 12.5. The van der Waals surface area contributed by atoms with Gasteiger partial charge in [-0.2, -0.15) is 9.50 Å². The molecule has 1 saturated heterocycles. The highest BCUT2D eigenvalue weighted by Crippen LogP contribution is 2.40. The molecule has 2 aliphatic heterocycles. The molecule has 1 amide bonds. The Labute approximate surface area is 268 Å². The number of benzene rings is 2. The number of anilines is 3. The van der Waals surface area contributed by atoms with E-state index in [0.717, 1.165) is 23.3 Å². The van der Waals surface area contributed by atoms with Crippen LogP contribution in [-0.2, 0) is 9.53 Å². The van der Waals surface area contributed by atoms with Gasteiger partial charge in [-0.15, -0.1) is 5.10 Å². The number of ether oxygens (including phenoxy) is 2. The third-order valence-corrected chi connectivity index (χ3v) is 8.35. The molecule has 7 rings (SSSR count). The Kier molecular flexibility index (Phi) is 8.07. The van der Waals surface area contributed by atoms with Gasteiger partial charge in [0, 0.05) is 45.4 Å². The zero-order valence-corrected chi connectivity index (χ0v) is 25.8. The van der Waals surface area contributed by atoms with E-state index in [9.17, 15) is 9.18 Å². The van der Waals surface area contributed by atoms with Crippen LogP contribution >= 0.6 is 0 Å². The number of hydrazine groups is 1. The van der Waals surface area contributed by atoms with E-state index in [1.54, 1.807) is 33.2 Å². The fourth-order valence-electron chi connectivity index (χ4n) is 6.06. The van der Waals surface area contributed by atoms with Gasteiger partial charge in [-0.3, -0.25) is 9.80 Å². The highest BCUT2D eigenvalue weighted by molar-refractivity contribution is 5.88. The first-order valence-electron chi connectivity index (χ1n) is 15.2. The van der Waals surface area contributed by atoms with Crippen molar-refractivity contribution in [1.29, 1.82) is 0 Å². The normalized spacial score (nSPS) is 16.9. The number of carbonyl (C=O) groups is 1. The van der Waals surface area contributed by atoms with Crippen LogP contribution in [0.25, 0.3) is 17.2 Å². The first-order chi connectivity index (χ1) is 22.8. The molecule has 2 aromatic carbocycles. The first-order valence-corrected chi connectivity index (χ1v) is 15.2. The van der Waals surface area contributed by atoms with Crippen molar-refractivity contribution < 1.29 is 27.5 Å². The van der Waals surface area contributed by atoms with Crippen LogP contribution in [0.2, 0.25) is 0 Å². The fourth-order valence-corrected chi connectivity index (χ4v) is 6.06. The minimum Gasteiger partial charge on any atom is -0.488 e. The summed E-state index contributed by atoms with van der Waals surface area (Å²) in [5.74, 6) is -0.220. The number of halogens is 2. The van der Waals surface area contributed by atoms with Crippen molar-refractivity contribution in [2.45, 2.75) is 19.0 Å². The van der Waals surface area contributed by atoms with Gasteiger partial charge in [-0.25, -0.2) is 19.2 Å². The molecule has 2 atom stereocenters. The summed E-state index contributed by atoms with van der Waals surface area (Å²) >= 11 is 0. The average Bonchev–Trinajstić information content (AvgIpc) is 3.83. The summed E-state index contributed by atoms with van der Waals surface area (Å²) in [6.45, 7) is 3.48. The molecule has 1 fully saturated rings. The number of methoxy groups -OCH3 is 1. The molecule has 13 nitrogen and oxygen atoms in total. The van der Waals surface area contributed by atoms with Gasteiger partial charge in [0.1, 0.15) is 12.4 Å². The molecule has 5 aromatic rings. The zero-order chi connectivity index (χ0) is 32.7. The van der Waals surface area contributed by atoms with E-state index in [2.05, 4.69) is 15.5 Å². The molecule has 3 aromatic heterocycles. The van der Waals surface area contributed by atoms with Crippen molar-refractivity contribution in [2.75, 3.05) is 62.1 Å². The van der Waals surface area contributed by atoms with Crippen LogP contribution in [0.5, 0.6) is 5.75 Å².